The van der Waals surface area contributed by atoms with E-state index in [1.54, 1.807) is 29.1 Å². The molecule has 3 aromatic rings. The van der Waals surface area contributed by atoms with Crippen LogP contribution in [0.25, 0.3) is 17.2 Å². The summed E-state index contributed by atoms with van der Waals surface area (Å²) in [6.45, 7) is 0. The molecule has 0 atom stereocenters. The molecule has 3 aromatic heterocycles. The zero-order valence-corrected chi connectivity index (χ0v) is 8.35. The van der Waals surface area contributed by atoms with E-state index in [0.29, 0.717) is 22.3 Å². The number of hydrogen-bond acceptors (Lipinski definition) is 3. The number of hydrogen-bond donors (Lipinski definition) is 0. The van der Waals surface area contributed by atoms with Crippen molar-refractivity contribution in [3.05, 3.63) is 41.7 Å². The highest BCUT2D eigenvalue weighted by atomic mass is 35.5. The Labute approximate surface area is 90.1 Å². The van der Waals surface area contributed by atoms with Gasteiger partial charge in [0.15, 0.2) is 11.4 Å². The monoisotopic (exact) mass is 219 g/mol. The van der Waals surface area contributed by atoms with Gasteiger partial charge in [-0.25, -0.2) is 9.50 Å². The molecule has 0 aromatic carbocycles. The summed E-state index contributed by atoms with van der Waals surface area (Å²) in [4.78, 5) is 4.28. The molecule has 0 aliphatic rings. The maximum absolute atomic E-state index is 5.98. The normalized spacial score (nSPS) is 11.0. The average molecular weight is 220 g/mol. The molecule has 0 amide bonds. The van der Waals surface area contributed by atoms with Crippen LogP contribution in [0.2, 0.25) is 5.02 Å². The van der Waals surface area contributed by atoms with Crippen LogP contribution in [0, 0.1) is 0 Å². The number of furan rings is 1. The summed E-state index contributed by atoms with van der Waals surface area (Å²) < 4.78 is 6.83. The molecule has 15 heavy (non-hydrogen) atoms. The maximum Gasteiger partial charge on any atom is 0.217 e. The number of nitrogens with zero attached hydrogens (tertiary/aromatic N) is 3. The van der Waals surface area contributed by atoms with Gasteiger partial charge in [-0.3, -0.25) is 0 Å². The zero-order valence-electron chi connectivity index (χ0n) is 7.59. The Hall–Kier alpha value is -1.81. The number of rotatable bonds is 1. The molecule has 0 bridgehead atoms. The molecular weight excluding hydrogens is 214 g/mol. The lowest BCUT2D eigenvalue weighted by molar-refractivity contribution is 0.577. The quantitative estimate of drug-likeness (QED) is 0.632. The molecule has 3 rings (SSSR count). The largest absolute Gasteiger partial charge is 0.461 e. The minimum absolute atomic E-state index is 0.535. The Kier molecular flexibility index (Phi) is 1.76. The summed E-state index contributed by atoms with van der Waals surface area (Å²) in [5, 5.41) is 4.82. The van der Waals surface area contributed by atoms with Crippen LogP contribution in [0.1, 0.15) is 0 Å². The number of pyridine rings is 1. The molecular formula is C10H6ClN3O. The first kappa shape index (κ1) is 8.49. The predicted molar refractivity (Wildman–Crippen MR) is 55.7 cm³/mol. The van der Waals surface area contributed by atoms with Crippen LogP contribution in [0.3, 0.4) is 0 Å². The van der Waals surface area contributed by atoms with Crippen LogP contribution in [-0.2, 0) is 0 Å². The molecule has 4 nitrogen and oxygen atoms in total. The molecule has 0 radical (unpaired) electrons. The van der Waals surface area contributed by atoms with E-state index < -0.39 is 0 Å². The number of fused-ring (bicyclic) bond motifs is 1. The Morgan fingerprint density at radius 1 is 1.27 bits per heavy atom. The highest BCUT2D eigenvalue weighted by molar-refractivity contribution is 6.33. The molecule has 0 saturated carbocycles. The second-order valence-corrected chi connectivity index (χ2v) is 3.44. The lowest BCUT2D eigenvalue weighted by Crippen LogP contribution is -1.85. The van der Waals surface area contributed by atoms with Crippen LogP contribution in [0.4, 0.5) is 0 Å². The molecule has 0 unspecified atom stereocenters. The third-order valence-electron chi connectivity index (χ3n) is 2.06. The Balaban J connectivity index is 2.27. The Morgan fingerprint density at radius 2 is 2.20 bits per heavy atom. The van der Waals surface area contributed by atoms with E-state index >= 15 is 0 Å². The van der Waals surface area contributed by atoms with Crippen molar-refractivity contribution in [2.24, 2.45) is 0 Å². The average Bonchev–Trinajstić information content (AvgIpc) is 2.86. The van der Waals surface area contributed by atoms with E-state index in [2.05, 4.69) is 10.1 Å². The fourth-order valence-electron chi connectivity index (χ4n) is 1.38. The first-order valence-corrected chi connectivity index (χ1v) is 4.77. The second-order valence-electron chi connectivity index (χ2n) is 3.04. The van der Waals surface area contributed by atoms with Gasteiger partial charge in [0, 0.05) is 6.20 Å². The Bertz CT molecular complexity index is 600. The molecule has 0 fully saturated rings. The fraction of sp³-hybridized carbons (Fsp3) is 0. The molecule has 5 heteroatoms. The first-order valence-electron chi connectivity index (χ1n) is 4.39. The summed E-state index contributed by atoms with van der Waals surface area (Å²) in [5.41, 5.74) is 0.630. The van der Waals surface area contributed by atoms with Crippen LogP contribution in [0.5, 0.6) is 0 Å². The van der Waals surface area contributed by atoms with E-state index in [0.717, 1.165) is 0 Å². The minimum atomic E-state index is 0.535. The van der Waals surface area contributed by atoms with Gasteiger partial charge in [0.05, 0.1) is 11.3 Å². The first-order chi connectivity index (χ1) is 7.34. The van der Waals surface area contributed by atoms with E-state index in [9.17, 15) is 0 Å². The third kappa shape index (κ3) is 1.30. The SMILES string of the molecule is Clc1cccn2nc(-c3ccco3)nc12. The van der Waals surface area contributed by atoms with Gasteiger partial charge >= 0.3 is 0 Å². The van der Waals surface area contributed by atoms with Crippen molar-refractivity contribution in [3.63, 3.8) is 0 Å². The van der Waals surface area contributed by atoms with Gasteiger partial charge < -0.3 is 4.42 Å². The van der Waals surface area contributed by atoms with Crippen LogP contribution < -0.4 is 0 Å². The van der Waals surface area contributed by atoms with E-state index in [4.69, 9.17) is 16.0 Å². The highest BCUT2D eigenvalue weighted by Crippen LogP contribution is 2.20. The van der Waals surface area contributed by atoms with Crippen molar-refractivity contribution in [1.29, 1.82) is 0 Å². The standard InChI is InChI=1S/C10H6ClN3O/c11-7-3-1-5-14-10(7)12-9(13-14)8-4-2-6-15-8/h1-6H. The van der Waals surface area contributed by atoms with Crippen LogP contribution in [0.15, 0.2) is 41.1 Å². The summed E-state index contributed by atoms with van der Waals surface area (Å²) in [5.74, 6) is 1.17. The van der Waals surface area contributed by atoms with Gasteiger partial charge in [-0.15, -0.1) is 5.10 Å². The van der Waals surface area contributed by atoms with Crippen molar-refractivity contribution in [3.8, 4) is 11.6 Å². The molecule has 3 heterocycles. The maximum atomic E-state index is 5.98. The topological polar surface area (TPSA) is 43.3 Å². The molecule has 0 aliphatic carbocycles. The van der Waals surface area contributed by atoms with E-state index in [1.165, 1.54) is 0 Å². The minimum Gasteiger partial charge on any atom is -0.461 e. The van der Waals surface area contributed by atoms with Crippen molar-refractivity contribution in [2.45, 2.75) is 0 Å². The summed E-state index contributed by atoms with van der Waals surface area (Å²) in [6.07, 6.45) is 3.38. The fourth-order valence-corrected chi connectivity index (χ4v) is 1.59. The zero-order chi connectivity index (χ0) is 10.3. The van der Waals surface area contributed by atoms with Crippen molar-refractivity contribution in [1.82, 2.24) is 14.6 Å². The smallest absolute Gasteiger partial charge is 0.217 e. The van der Waals surface area contributed by atoms with Gasteiger partial charge in [0.2, 0.25) is 5.82 Å². The van der Waals surface area contributed by atoms with Gasteiger partial charge in [-0.05, 0) is 24.3 Å². The summed E-state index contributed by atoms with van der Waals surface area (Å²) >= 11 is 5.98. The number of aromatic nitrogens is 3. The van der Waals surface area contributed by atoms with Crippen LogP contribution >= 0.6 is 11.6 Å². The van der Waals surface area contributed by atoms with E-state index in [1.807, 2.05) is 12.1 Å². The van der Waals surface area contributed by atoms with Crippen molar-refractivity contribution in [2.75, 3.05) is 0 Å². The third-order valence-corrected chi connectivity index (χ3v) is 2.35. The van der Waals surface area contributed by atoms with Crippen molar-refractivity contribution < 1.29 is 4.42 Å². The molecule has 0 aliphatic heterocycles. The van der Waals surface area contributed by atoms with Crippen LogP contribution in [-0.4, -0.2) is 14.6 Å². The van der Waals surface area contributed by atoms with Gasteiger partial charge in [0.25, 0.3) is 0 Å². The molecule has 0 spiro atoms. The second kappa shape index (κ2) is 3.10. The molecule has 0 N–H and O–H groups in total. The van der Waals surface area contributed by atoms with Gasteiger partial charge in [0.1, 0.15) is 0 Å². The Morgan fingerprint density at radius 3 is 2.93 bits per heavy atom. The highest BCUT2D eigenvalue weighted by Gasteiger charge is 2.09. The molecule has 0 saturated heterocycles. The molecule has 74 valence electrons. The van der Waals surface area contributed by atoms with Crippen molar-refractivity contribution >= 4 is 17.2 Å². The van der Waals surface area contributed by atoms with Gasteiger partial charge in [-0.2, -0.15) is 0 Å². The summed E-state index contributed by atoms with van der Waals surface area (Å²) in [7, 11) is 0. The summed E-state index contributed by atoms with van der Waals surface area (Å²) in [6, 6.07) is 7.19. The predicted octanol–water partition coefficient (Wildman–Crippen LogP) is 2.64. The lowest BCUT2D eigenvalue weighted by atomic mass is 10.4. The van der Waals surface area contributed by atoms with E-state index in [-0.39, 0.29) is 0 Å². The van der Waals surface area contributed by atoms with Gasteiger partial charge in [-0.1, -0.05) is 11.6 Å². The number of halogens is 1. The lowest BCUT2D eigenvalue weighted by Gasteiger charge is -1.90.